The number of hydrogen-bond acceptors (Lipinski definition) is 2. The summed E-state index contributed by atoms with van der Waals surface area (Å²) in [4.78, 5) is 0. The normalized spacial score (nSPS) is 17.9. The molecule has 2 heteroatoms. The van der Waals surface area contributed by atoms with Crippen molar-refractivity contribution in [3.8, 4) is 5.75 Å². The van der Waals surface area contributed by atoms with Crippen molar-refractivity contribution in [2.24, 2.45) is 5.92 Å². The Morgan fingerprint density at radius 3 is 2.33 bits per heavy atom. The van der Waals surface area contributed by atoms with Gasteiger partial charge in [-0.1, -0.05) is 45.2 Å². The first-order valence-corrected chi connectivity index (χ1v) is 8.60. The Balaban J connectivity index is 2.10. The second-order valence-corrected chi connectivity index (χ2v) is 6.82. The third-order valence-corrected chi connectivity index (χ3v) is 4.60. The molecule has 0 unspecified atom stereocenters. The Bertz CT molecular complexity index is 404. The predicted octanol–water partition coefficient (Wildman–Crippen LogP) is 4.53. The van der Waals surface area contributed by atoms with Crippen LogP contribution in [-0.2, 0) is 5.41 Å². The maximum atomic E-state index is 5.58. The summed E-state index contributed by atoms with van der Waals surface area (Å²) >= 11 is 0. The van der Waals surface area contributed by atoms with Gasteiger partial charge in [-0.3, -0.25) is 0 Å². The molecule has 0 atom stereocenters. The zero-order valence-electron chi connectivity index (χ0n) is 14.0. The summed E-state index contributed by atoms with van der Waals surface area (Å²) in [6, 6.07) is 8.84. The quantitative estimate of drug-likeness (QED) is 0.796. The topological polar surface area (TPSA) is 21.3 Å². The van der Waals surface area contributed by atoms with Gasteiger partial charge in [-0.25, -0.2) is 0 Å². The van der Waals surface area contributed by atoms with Gasteiger partial charge in [-0.15, -0.1) is 0 Å². The van der Waals surface area contributed by atoms with Crippen molar-refractivity contribution in [3.05, 3.63) is 29.8 Å². The van der Waals surface area contributed by atoms with Crippen molar-refractivity contribution in [2.75, 3.05) is 19.7 Å². The molecule has 2 nitrogen and oxygen atoms in total. The fourth-order valence-electron chi connectivity index (χ4n) is 3.47. The molecule has 2 rings (SSSR count). The molecule has 0 heterocycles. The van der Waals surface area contributed by atoms with Crippen LogP contribution in [0.3, 0.4) is 0 Å². The highest BCUT2D eigenvalue weighted by Gasteiger charge is 2.33. The van der Waals surface area contributed by atoms with E-state index in [1.54, 1.807) is 0 Å². The molecular weight excluding hydrogens is 258 g/mol. The van der Waals surface area contributed by atoms with E-state index in [1.807, 2.05) is 6.92 Å². The van der Waals surface area contributed by atoms with E-state index >= 15 is 0 Å². The van der Waals surface area contributed by atoms with Crippen LogP contribution in [-0.4, -0.2) is 19.7 Å². The second-order valence-electron chi connectivity index (χ2n) is 6.82. The molecule has 0 amide bonds. The standard InChI is InChI=1S/C19H31NO/c1-4-21-18-10-8-17(9-11-18)19(12-6-5-7-13-19)15-20-14-16(2)3/h8-11,16,20H,4-7,12-15H2,1-3H3. The van der Waals surface area contributed by atoms with E-state index in [1.165, 1.54) is 37.7 Å². The third-order valence-electron chi connectivity index (χ3n) is 4.60. The van der Waals surface area contributed by atoms with Crippen molar-refractivity contribution in [1.29, 1.82) is 0 Å². The van der Waals surface area contributed by atoms with Crippen molar-refractivity contribution >= 4 is 0 Å². The minimum absolute atomic E-state index is 0.331. The molecule has 1 aromatic carbocycles. The molecule has 1 aliphatic rings. The largest absolute Gasteiger partial charge is 0.494 e. The molecular formula is C19H31NO. The molecule has 0 bridgehead atoms. The number of benzene rings is 1. The van der Waals surface area contributed by atoms with Gasteiger partial charge in [0.2, 0.25) is 0 Å². The highest BCUT2D eigenvalue weighted by atomic mass is 16.5. The van der Waals surface area contributed by atoms with Gasteiger partial charge < -0.3 is 10.1 Å². The molecule has 0 spiro atoms. The van der Waals surface area contributed by atoms with Crippen LogP contribution in [0, 0.1) is 5.92 Å². The smallest absolute Gasteiger partial charge is 0.119 e. The van der Waals surface area contributed by atoms with Gasteiger partial charge in [0.05, 0.1) is 6.61 Å². The lowest BCUT2D eigenvalue weighted by atomic mass is 9.69. The minimum Gasteiger partial charge on any atom is -0.494 e. The van der Waals surface area contributed by atoms with E-state index < -0.39 is 0 Å². The van der Waals surface area contributed by atoms with Gasteiger partial charge in [0, 0.05) is 12.0 Å². The van der Waals surface area contributed by atoms with E-state index in [0.717, 1.165) is 25.4 Å². The Morgan fingerprint density at radius 2 is 1.76 bits per heavy atom. The molecule has 1 aliphatic carbocycles. The molecule has 1 N–H and O–H groups in total. The Morgan fingerprint density at radius 1 is 1.10 bits per heavy atom. The van der Waals surface area contributed by atoms with Crippen molar-refractivity contribution in [2.45, 2.75) is 58.3 Å². The van der Waals surface area contributed by atoms with Gasteiger partial charge in [-0.05, 0) is 49.9 Å². The first kappa shape index (κ1) is 16.4. The van der Waals surface area contributed by atoms with Crippen molar-refractivity contribution in [3.63, 3.8) is 0 Å². The number of ether oxygens (including phenoxy) is 1. The molecule has 118 valence electrons. The van der Waals surface area contributed by atoms with E-state index in [-0.39, 0.29) is 0 Å². The average Bonchev–Trinajstić information content (AvgIpc) is 2.49. The van der Waals surface area contributed by atoms with E-state index in [4.69, 9.17) is 4.74 Å². The third kappa shape index (κ3) is 4.47. The zero-order valence-corrected chi connectivity index (χ0v) is 14.0. The highest BCUT2D eigenvalue weighted by Crippen LogP contribution is 2.39. The SMILES string of the molecule is CCOc1ccc(C2(CNCC(C)C)CCCCC2)cc1. The van der Waals surface area contributed by atoms with Crippen LogP contribution < -0.4 is 10.1 Å². The number of hydrogen-bond donors (Lipinski definition) is 1. The lowest BCUT2D eigenvalue weighted by Crippen LogP contribution is -2.41. The van der Waals surface area contributed by atoms with E-state index in [0.29, 0.717) is 11.3 Å². The summed E-state index contributed by atoms with van der Waals surface area (Å²) in [5.41, 5.74) is 1.82. The molecule has 0 radical (unpaired) electrons. The van der Waals surface area contributed by atoms with Crippen molar-refractivity contribution in [1.82, 2.24) is 5.32 Å². The van der Waals surface area contributed by atoms with Crippen LogP contribution in [0.15, 0.2) is 24.3 Å². The summed E-state index contributed by atoms with van der Waals surface area (Å²) in [7, 11) is 0. The molecule has 0 saturated heterocycles. The Hall–Kier alpha value is -1.02. The minimum atomic E-state index is 0.331. The molecule has 0 aromatic heterocycles. The zero-order chi connectivity index (χ0) is 15.1. The monoisotopic (exact) mass is 289 g/mol. The summed E-state index contributed by atoms with van der Waals surface area (Å²) in [5, 5.41) is 3.70. The fraction of sp³-hybridized carbons (Fsp3) is 0.684. The number of rotatable bonds is 7. The van der Waals surface area contributed by atoms with Gasteiger partial charge in [0.1, 0.15) is 5.75 Å². The first-order chi connectivity index (χ1) is 10.2. The van der Waals surface area contributed by atoms with Gasteiger partial charge in [0.15, 0.2) is 0 Å². The van der Waals surface area contributed by atoms with Gasteiger partial charge in [-0.2, -0.15) is 0 Å². The first-order valence-electron chi connectivity index (χ1n) is 8.60. The van der Waals surface area contributed by atoms with Crippen LogP contribution >= 0.6 is 0 Å². The van der Waals surface area contributed by atoms with Crippen LogP contribution in [0.25, 0.3) is 0 Å². The van der Waals surface area contributed by atoms with Gasteiger partial charge in [0.25, 0.3) is 0 Å². The number of nitrogens with one attached hydrogen (secondary N) is 1. The van der Waals surface area contributed by atoms with Crippen LogP contribution in [0.2, 0.25) is 0 Å². The summed E-state index contributed by atoms with van der Waals surface area (Å²) in [5.74, 6) is 1.70. The maximum Gasteiger partial charge on any atom is 0.119 e. The summed E-state index contributed by atoms with van der Waals surface area (Å²) in [6.07, 6.45) is 6.73. The fourth-order valence-corrected chi connectivity index (χ4v) is 3.47. The maximum absolute atomic E-state index is 5.58. The van der Waals surface area contributed by atoms with Crippen LogP contribution in [0.4, 0.5) is 0 Å². The Labute approximate surface area is 130 Å². The highest BCUT2D eigenvalue weighted by molar-refractivity contribution is 5.33. The van der Waals surface area contributed by atoms with Crippen molar-refractivity contribution < 1.29 is 4.74 Å². The molecule has 1 saturated carbocycles. The average molecular weight is 289 g/mol. The Kier molecular flexibility index (Phi) is 6.10. The van der Waals surface area contributed by atoms with E-state index in [2.05, 4.69) is 43.4 Å². The molecule has 1 aromatic rings. The van der Waals surface area contributed by atoms with E-state index in [9.17, 15) is 0 Å². The van der Waals surface area contributed by atoms with Crippen LogP contribution in [0.5, 0.6) is 5.75 Å². The molecule has 0 aliphatic heterocycles. The second kappa shape index (κ2) is 7.84. The summed E-state index contributed by atoms with van der Waals surface area (Å²) < 4.78 is 5.58. The lowest BCUT2D eigenvalue weighted by Gasteiger charge is -2.38. The summed E-state index contributed by atoms with van der Waals surface area (Å²) in [6.45, 7) is 9.54. The van der Waals surface area contributed by atoms with Gasteiger partial charge >= 0.3 is 0 Å². The molecule has 1 fully saturated rings. The lowest BCUT2D eigenvalue weighted by molar-refractivity contribution is 0.276. The predicted molar refractivity (Wildman–Crippen MR) is 90.1 cm³/mol. The van der Waals surface area contributed by atoms with Crippen LogP contribution in [0.1, 0.15) is 58.4 Å². The molecule has 21 heavy (non-hydrogen) atoms.